The number of tetrazole rings is 1. The Bertz CT molecular complexity index is 1020. The van der Waals surface area contributed by atoms with Crippen LogP contribution in [-0.2, 0) is 17.8 Å². The molecule has 28 heavy (non-hydrogen) atoms. The summed E-state index contributed by atoms with van der Waals surface area (Å²) in [7, 11) is 0. The van der Waals surface area contributed by atoms with Crippen LogP contribution in [0.25, 0.3) is 10.6 Å². The Morgan fingerprint density at radius 2 is 1.82 bits per heavy atom. The van der Waals surface area contributed by atoms with Crippen LogP contribution in [0.5, 0.6) is 0 Å². The van der Waals surface area contributed by atoms with Gasteiger partial charge in [-0.15, -0.1) is 16.4 Å². The van der Waals surface area contributed by atoms with Gasteiger partial charge in [0.25, 0.3) is 0 Å². The number of nitrogens with one attached hydrogen (secondary N) is 1. The van der Waals surface area contributed by atoms with Gasteiger partial charge in [0.1, 0.15) is 17.4 Å². The average molecular weight is 390 g/mol. The number of amides is 1. The van der Waals surface area contributed by atoms with Crippen molar-refractivity contribution >= 4 is 17.2 Å². The predicted octanol–water partition coefficient (Wildman–Crippen LogP) is 2.90. The van der Waals surface area contributed by atoms with E-state index in [-0.39, 0.29) is 5.91 Å². The van der Waals surface area contributed by atoms with Crippen LogP contribution in [0.15, 0.2) is 72.4 Å². The molecule has 0 aliphatic rings. The molecule has 0 aliphatic carbocycles. The summed E-state index contributed by atoms with van der Waals surface area (Å²) in [6.07, 6.45) is 1.97. The largest absolute Gasteiger partial charge is 0.349 e. The Labute approximate surface area is 166 Å². The molecule has 0 aliphatic heterocycles. The smallest absolute Gasteiger partial charge is 0.245 e. The lowest BCUT2D eigenvalue weighted by Crippen LogP contribution is -2.34. The van der Waals surface area contributed by atoms with Gasteiger partial charge in [0.15, 0.2) is 0 Å². The molecular weight excluding hydrogens is 372 g/mol. The zero-order valence-corrected chi connectivity index (χ0v) is 15.8. The minimum absolute atomic E-state index is 0.148. The molecule has 0 saturated heterocycles. The fraction of sp³-hybridized carbons (Fsp3) is 0.150. The lowest BCUT2D eigenvalue weighted by molar-refractivity contribution is -0.124. The van der Waals surface area contributed by atoms with Gasteiger partial charge in [0.05, 0.1) is 12.2 Å². The van der Waals surface area contributed by atoms with Crippen molar-refractivity contribution in [3.05, 3.63) is 83.6 Å². The molecule has 0 bridgehead atoms. The molecule has 1 amide bonds. The summed E-state index contributed by atoms with van der Waals surface area (Å²) in [5, 5.41) is 17.1. The van der Waals surface area contributed by atoms with Crippen molar-refractivity contribution in [1.82, 2.24) is 30.5 Å². The molecule has 7 nitrogen and oxygen atoms in total. The standard InChI is InChI=1S/C20H18N6OS/c27-19(18(26-14-22-24-25-26)11-15-7-3-1-4-8-15)21-12-17-13-28-20(23-17)16-9-5-2-6-10-16/h1-10,13-14,18H,11-12H2,(H,21,27)/t18-/m1/s1. The van der Waals surface area contributed by atoms with Crippen LogP contribution in [0.4, 0.5) is 0 Å². The number of thiazole rings is 1. The van der Waals surface area contributed by atoms with E-state index in [1.165, 1.54) is 11.0 Å². The summed E-state index contributed by atoms with van der Waals surface area (Å²) in [6.45, 7) is 0.357. The van der Waals surface area contributed by atoms with Gasteiger partial charge < -0.3 is 5.32 Å². The summed E-state index contributed by atoms with van der Waals surface area (Å²) in [6, 6.07) is 19.3. The average Bonchev–Trinajstić information content (AvgIpc) is 3.44. The van der Waals surface area contributed by atoms with Gasteiger partial charge in [-0.2, -0.15) is 0 Å². The van der Waals surface area contributed by atoms with Crippen molar-refractivity contribution in [3.8, 4) is 10.6 Å². The number of hydrogen-bond acceptors (Lipinski definition) is 6. The molecule has 0 spiro atoms. The van der Waals surface area contributed by atoms with Crippen LogP contribution in [-0.4, -0.2) is 31.1 Å². The molecule has 0 unspecified atom stereocenters. The molecular formula is C20H18N6OS. The lowest BCUT2D eigenvalue weighted by atomic mass is 10.1. The maximum absolute atomic E-state index is 12.8. The number of rotatable bonds is 7. The lowest BCUT2D eigenvalue weighted by Gasteiger charge is -2.16. The second kappa shape index (κ2) is 8.53. The first-order chi connectivity index (χ1) is 13.8. The van der Waals surface area contributed by atoms with Gasteiger partial charge in [0, 0.05) is 17.4 Å². The van der Waals surface area contributed by atoms with E-state index in [9.17, 15) is 4.79 Å². The third-order valence-electron chi connectivity index (χ3n) is 4.27. The molecule has 140 valence electrons. The monoisotopic (exact) mass is 390 g/mol. The molecule has 4 aromatic rings. The molecule has 2 heterocycles. The summed E-state index contributed by atoms with van der Waals surface area (Å²) < 4.78 is 1.48. The Balaban J connectivity index is 1.44. The highest BCUT2D eigenvalue weighted by atomic mass is 32.1. The highest BCUT2D eigenvalue weighted by molar-refractivity contribution is 7.13. The van der Waals surface area contributed by atoms with E-state index in [2.05, 4.69) is 25.8 Å². The number of aromatic nitrogens is 5. The van der Waals surface area contributed by atoms with Gasteiger partial charge in [-0.3, -0.25) is 4.79 Å². The van der Waals surface area contributed by atoms with E-state index < -0.39 is 6.04 Å². The molecule has 1 atom stereocenters. The second-order valence-corrected chi connectivity index (χ2v) is 7.08. The SMILES string of the molecule is O=C(NCc1csc(-c2ccccc2)n1)[C@@H](Cc1ccccc1)n1cnnn1. The Hall–Kier alpha value is -3.39. The number of carbonyl (C=O) groups is 1. The molecule has 0 saturated carbocycles. The Kier molecular flexibility index (Phi) is 5.48. The fourth-order valence-electron chi connectivity index (χ4n) is 2.85. The summed E-state index contributed by atoms with van der Waals surface area (Å²) in [5.41, 5.74) is 2.94. The predicted molar refractivity (Wildman–Crippen MR) is 106 cm³/mol. The maximum Gasteiger partial charge on any atom is 0.245 e. The topological polar surface area (TPSA) is 85.6 Å². The Morgan fingerprint density at radius 3 is 2.54 bits per heavy atom. The summed E-state index contributed by atoms with van der Waals surface area (Å²) >= 11 is 1.56. The molecule has 4 rings (SSSR count). The van der Waals surface area contributed by atoms with Gasteiger partial charge in [-0.05, 0) is 16.0 Å². The minimum atomic E-state index is -0.523. The van der Waals surface area contributed by atoms with E-state index in [0.29, 0.717) is 13.0 Å². The van der Waals surface area contributed by atoms with Crippen molar-refractivity contribution < 1.29 is 4.79 Å². The highest BCUT2D eigenvalue weighted by Crippen LogP contribution is 2.23. The first kappa shape index (κ1) is 18.0. The second-order valence-electron chi connectivity index (χ2n) is 6.22. The molecule has 1 N–H and O–H groups in total. The first-order valence-corrected chi connectivity index (χ1v) is 9.71. The highest BCUT2D eigenvalue weighted by Gasteiger charge is 2.22. The number of hydrogen-bond donors (Lipinski definition) is 1. The third kappa shape index (κ3) is 4.29. The van der Waals surface area contributed by atoms with Crippen LogP contribution in [0.3, 0.4) is 0 Å². The van der Waals surface area contributed by atoms with Crippen LogP contribution < -0.4 is 5.32 Å². The van der Waals surface area contributed by atoms with E-state index in [1.54, 1.807) is 11.3 Å². The molecule has 0 radical (unpaired) electrons. The van der Waals surface area contributed by atoms with Crippen LogP contribution >= 0.6 is 11.3 Å². The van der Waals surface area contributed by atoms with Crippen LogP contribution in [0.1, 0.15) is 17.3 Å². The first-order valence-electron chi connectivity index (χ1n) is 8.83. The minimum Gasteiger partial charge on any atom is -0.349 e. The van der Waals surface area contributed by atoms with E-state index in [1.807, 2.05) is 66.0 Å². The van der Waals surface area contributed by atoms with E-state index in [0.717, 1.165) is 21.8 Å². The molecule has 2 aromatic heterocycles. The van der Waals surface area contributed by atoms with Crippen molar-refractivity contribution in [2.45, 2.75) is 19.0 Å². The van der Waals surface area contributed by atoms with Crippen molar-refractivity contribution in [3.63, 3.8) is 0 Å². The van der Waals surface area contributed by atoms with Gasteiger partial charge in [-0.1, -0.05) is 60.7 Å². The van der Waals surface area contributed by atoms with Crippen LogP contribution in [0, 0.1) is 0 Å². The number of benzene rings is 2. The van der Waals surface area contributed by atoms with Crippen molar-refractivity contribution in [2.24, 2.45) is 0 Å². The quantitative estimate of drug-likeness (QED) is 0.524. The van der Waals surface area contributed by atoms with Gasteiger partial charge in [-0.25, -0.2) is 9.67 Å². The number of carbonyl (C=O) groups excluding carboxylic acids is 1. The molecule has 2 aromatic carbocycles. The summed E-state index contributed by atoms with van der Waals surface area (Å²) in [5.74, 6) is -0.148. The zero-order valence-electron chi connectivity index (χ0n) is 15.0. The normalized spacial score (nSPS) is 11.9. The van der Waals surface area contributed by atoms with Crippen molar-refractivity contribution in [1.29, 1.82) is 0 Å². The van der Waals surface area contributed by atoms with Crippen molar-refractivity contribution in [2.75, 3.05) is 0 Å². The Morgan fingerprint density at radius 1 is 1.07 bits per heavy atom. The van der Waals surface area contributed by atoms with E-state index >= 15 is 0 Å². The fourth-order valence-corrected chi connectivity index (χ4v) is 3.68. The van der Waals surface area contributed by atoms with Gasteiger partial charge in [0.2, 0.25) is 5.91 Å². The maximum atomic E-state index is 12.8. The van der Waals surface area contributed by atoms with Gasteiger partial charge >= 0.3 is 0 Å². The third-order valence-corrected chi connectivity index (χ3v) is 5.22. The zero-order chi connectivity index (χ0) is 19.2. The molecule has 0 fully saturated rings. The summed E-state index contributed by atoms with van der Waals surface area (Å²) in [4.78, 5) is 17.5. The number of nitrogens with zero attached hydrogens (tertiary/aromatic N) is 5. The van der Waals surface area contributed by atoms with Crippen LogP contribution in [0.2, 0.25) is 0 Å². The molecule has 8 heteroatoms. The van der Waals surface area contributed by atoms with E-state index in [4.69, 9.17) is 0 Å².